The van der Waals surface area contributed by atoms with Gasteiger partial charge in [0.1, 0.15) is 0 Å². The number of nitrogens with one attached hydrogen (secondary N) is 3. The summed E-state index contributed by atoms with van der Waals surface area (Å²) in [5.74, 6) is -2.19. The number of hydrogen-bond donors (Lipinski definition) is 4. The first-order valence-electron chi connectivity index (χ1n) is 7.46. The second-order valence-corrected chi connectivity index (χ2v) is 6.04. The first-order valence-corrected chi connectivity index (χ1v) is 8.45. The van der Waals surface area contributed by atoms with E-state index in [-0.39, 0.29) is 36.3 Å². The van der Waals surface area contributed by atoms with E-state index in [0.717, 1.165) is 11.8 Å². The van der Waals surface area contributed by atoms with Crippen LogP contribution in [0, 0.1) is 0 Å². The second kappa shape index (κ2) is 13.3. The van der Waals surface area contributed by atoms with Gasteiger partial charge in [-0.3, -0.25) is 24.0 Å². The molecule has 0 aromatic heterocycles. The molecule has 0 radical (unpaired) electrons. The second-order valence-electron chi connectivity index (χ2n) is 4.89. The van der Waals surface area contributed by atoms with Gasteiger partial charge in [0, 0.05) is 19.9 Å². The van der Waals surface area contributed by atoms with Crippen molar-refractivity contribution < 1.29 is 29.1 Å². The number of carboxylic acids is 1. The van der Waals surface area contributed by atoms with Crippen LogP contribution in [0.25, 0.3) is 0 Å². The number of amides is 3. The van der Waals surface area contributed by atoms with Crippen molar-refractivity contribution >= 4 is 40.6 Å². The van der Waals surface area contributed by atoms with Crippen molar-refractivity contribution in [2.45, 2.75) is 32.6 Å². The third kappa shape index (κ3) is 14.8. The number of thioether (sulfide) groups is 1. The molecule has 9 nitrogen and oxygen atoms in total. The van der Waals surface area contributed by atoms with Gasteiger partial charge in [0.05, 0.1) is 18.8 Å². The lowest BCUT2D eigenvalue weighted by atomic mass is 10.2. The van der Waals surface area contributed by atoms with Crippen molar-refractivity contribution in [1.82, 2.24) is 16.0 Å². The third-order valence-corrected chi connectivity index (χ3v) is 3.50. The molecule has 136 valence electrons. The van der Waals surface area contributed by atoms with Crippen molar-refractivity contribution in [1.29, 1.82) is 0 Å². The van der Waals surface area contributed by atoms with Crippen LogP contribution in [0.3, 0.4) is 0 Å². The van der Waals surface area contributed by atoms with Gasteiger partial charge < -0.3 is 21.1 Å². The van der Waals surface area contributed by atoms with Gasteiger partial charge in [-0.2, -0.15) is 0 Å². The summed E-state index contributed by atoms with van der Waals surface area (Å²) < 4.78 is 0. The molecule has 0 heterocycles. The van der Waals surface area contributed by atoms with E-state index in [2.05, 4.69) is 16.0 Å². The van der Waals surface area contributed by atoms with Crippen LogP contribution in [-0.2, 0) is 24.0 Å². The average Bonchev–Trinajstić information content (AvgIpc) is 2.51. The fourth-order valence-electron chi connectivity index (χ4n) is 1.51. The van der Waals surface area contributed by atoms with Crippen LogP contribution in [0.4, 0.5) is 0 Å². The monoisotopic (exact) mass is 361 g/mol. The maximum absolute atomic E-state index is 11.5. The summed E-state index contributed by atoms with van der Waals surface area (Å²) in [5.41, 5.74) is 0. The normalized spacial score (nSPS) is 9.88. The Morgan fingerprint density at radius 1 is 0.833 bits per heavy atom. The molecule has 24 heavy (non-hydrogen) atoms. The summed E-state index contributed by atoms with van der Waals surface area (Å²) in [7, 11) is 0. The smallest absolute Gasteiger partial charge is 0.303 e. The van der Waals surface area contributed by atoms with E-state index in [9.17, 15) is 24.0 Å². The highest BCUT2D eigenvalue weighted by molar-refractivity contribution is 8.14. The summed E-state index contributed by atoms with van der Waals surface area (Å²) in [4.78, 5) is 55.1. The summed E-state index contributed by atoms with van der Waals surface area (Å²) in [6, 6.07) is 0. The Bertz CT molecular complexity index is 469. The molecule has 0 saturated carbocycles. The van der Waals surface area contributed by atoms with Gasteiger partial charge in [-0.15, -0.1) is 0 Å². The molecule has 0 fully saturated rings. The molecule has 0 aliphatic heterocycles. The zero-order valence-electron chi connectivity index (χ0n) is 13.6. The highest BCUT2D eigenvalue weighted by Crippen LogP contribution is 1.99. The molecule has 0 unspecified atom stereocenters. The van der Waals surface area contributed by atoms with Crippen LogP contribution in [-0.4, -0.2) is 59.3 Å². The summed E-state index contributed by atoms with van der Waals surface area (Å²) in [5, 5.41) is 15.6. The van der Waals surface area contributed by atoms with E-state index in [1.165, 1.54) is 6.92 Å². The maximum atomic E-state index is 11.5. The molecule has 0 aliphatic rings. The minimum atomic E-state index is -0.839. The molecule has 0 atom stereocenters. The molecule has 3 amide bonds. The minimum Gasteiger partial charge on any atom is -0.481 e. The number of carbonyl (C=O) groups excluding carboxylic acids is 4. The lowest BCUT2D eigenvalue weighted by Gasteiger charge is -2.07. The molecule has 0 saturated heterocycles. The fraction of sp³-hybridized carbons (Fsp3) is 0.643. The van der Waals surface area contributed by atoms with E-state index in [4.69, 9.17) is 5.11 Å². The van der Waals surface area contributed by atoms with Crippen molar-refractivity contribution in [3.05, 3.63) is 0 Å². The summed E-state index contributed by atoms with van der Waals surface area (Å²) >= 11 is 0.846. The Kier molecular flexibility index (Phi) is 12.2. The van der Waals surface area contributed by atoms with E-state index in [1.807, 2.05) is 0 Å². The first kappa shape index (κ1) is 21.9. The Balaban J connectivity index is 3.61. The maximum Gasteiger partial charge on any atom is 0.303 e. The lowest BCUT2D eigenvalue weighted by Crippen LogP contribution is -2.42. The Morgan fingerprint density at radius 3 is 2.00 bits per heavy atom. The molecule has 0 spiro atoms. The van der Waals surface area contributed by atoms with Crippen LogP contribution >= 0.6 is 11.8 Å². The molecule has 10 heteroatoms. The Morgan fingerprint density at radius 2 is 1.42 bits per heavy atom. The number of hydrogen-bond acceptors (Lipinski definition) is 6. The zero-order valence-corrected chi connectivity index (χ0v) is 14.4. The number of aliphatic carboxylic acids is 1. The summed E-state index contributed by atoms with van der Waals surface area (Å²) in [6.07, 6.45) is 2.03. The molecule has 0 bridgehead atoms. The van der Waals surface area contributed by atoms with Gasteiger partial charge >= 0.3 is 5.97 Å². The molecule has 4 N–H and O–H groups in total. The number of rotatable bonds is 12. The van der Waals surface area contributed by atoms with Gasteiger partial charge in [0.2, 0.25) is 17.7 Å². The highest BCUT2D eigenvalue weighted by atomic mass is 32.2. The standard InChI is InChI=1S/C14H23N3O6S/c1-10(18)24-9-13(21)17-8-12(20)16-7-11(19)15-6-4-2-3-5-14(22)23/h2-9H2,1H3,(H,15,19)(H,16,20)(H,17,21)(H,22,23). The van der Waals surface area contributed by atoms with Crippen LogP contribution in [0.15, 0.2) is 0 Å². The number of carbonyl (C=O) groups is 5. The topological polar surface area (TPSA) is 142 Å². The quantitative estimate of drug-likeness (QED) is 0.335. The van der Waals surface area contributed by atoms with Gasteiger partial charge in [0.25, 0.3) is 0 Å². The molecular formula is C14H23N3O6S. The number of unbranched alkanes of at least 4 members (excludes halogenated alkanes) is 2. The highest BCUT2D eigenvalue weighted by Gasteiger charge is 2.08. The van der Waals surface area contributed by atoms with Crippen LogP contribution in [0.1, 0.15) is 32.6 Å². The van der Waals surface area contributed by atoms with Gasteiger partial charge in [-0.1, -0.05) is 18.2 Å². The van der Waals surface area contributed by atoms with Crippen molar-refractivity contribution in [3.63, 3.8) is 0 Å². The van der Waals surface area contributed by atoms with Crippen LogP contribution in [0.2, 0.25) is 0 Å². The van der Waals surface area contributed by atoms with Crippen molar-refractivity contribution in [2.24, 2.45) is 0 Å². The molecular weight excluding hydrogens is 338 g/mol. The largest absolute Gasteiger partial charge is 0.481 e. The van der Waals surface area contributed by atoms with Crippen molar-refractivity contribution in [3.8, 4) is 0 Å². The van der Waals surface area contributed by atoms with Crippen LogP contribution < -0.4 is 16.0 Å². The van der Waals surface area contributed by atoms with E-state index in [1.54, 1.807) is 0 Å². The SMILES string of the molecule is CC(=O)SCC(=O)NCC(=O)NCC(=O)NCCCCCC(=O)O. The lowest BCUT2D eigenvalue weighted by molar-refractivity contribution is -0.137. The average molecular weight is 361 g/mol. The molecule has 0 aromatic rings. The first-order chi connectivity index (χ1) is 11.3. The molecule has 0 rings (SSSR count). The predicted octanol–water partition coefficient (Wildman–Crippen LogP) is -0.740. The summed E-state index contributed by atoms with van der Waals surface area (Å²) in [6.45, 7) is 1.29. The Labute approximate surface area is 144 Å². The molecule has 0 aromatic carbocycles. The predicted molar refractivity (Wildman–Crippen MR) is 88.3 cm³/mol. The van der Waals surface area contributed by atoms with Gasteiger partial charge in [0.15, 0.2) is 5.12 Å². The fourth-order valence-corrected chi connectivity index (χ4v) is 1.94. The molecule has 0 aliphatic carbocycles. The van der Waals surface area contributed by atoms with Gasteiger partial charge in [-0.25, -0.2) is 0 Å². The number of carboxylic acid groups (broad SMARTS) is 1. The minimum absolute atomic E-state index is 0.0506. The zero-order chi connectivity index (χ0) is 18.4. The van der Waals surface area contributed by atoms with Crippen LogP contribution in [0.5, 0.6) is 0 Å². The van der Waals surface area contributed by atoms with E-state index in [0.29, 0.717) is 25.8 Å². The van der Waals surface area contributed by atoms with E-state index < -0.39 is 17.8 Å². The van der Waals surface area contributed by atoms with Crippen molar-refractivity contribution in [2.75, 3.05) is 25.4 Å². The Hall–Kier alpha value is -2.10. The van der Waals surface area contributed by atoms with E-state index >= 15 is 0 Å². The van der Waals surface area contributed by atoms with Gasteiger partial charge in [-0.05, 0) is 12.8 Å². The third-order valence-electron chi connectivity index (χ3n) is 2.69.